The normalized spacial score (nSPS) is 15.8. The molecule has 2 heterocycles. The second-order valence-electron chi connectivity index (χ2n) is 8.52. The Morgan fingerprint density at radius 1 is 1.15 bits per heavy atom. The third-order valence-electron chi connectivity index (χ3n) is 6.54. The minimum atomic E-state index is 0. The number of imidazole rings is 1. The fourth-order valence-electron chi connectivity index (χ4n) is 4.55. The molecular weight excluding hydrogens is 527 g/mol. The van der Waals surface area contributed by atoms with Crippen LogP contribution < -0.4 is 10.6 Å². The summed E-state index contributed by atoms with van der Waals surface area (Å²) in [6, 6.07) is 9.19. The van der Waals surface area contributed by atoms with Crippen molar-refractivity contribution in [1.82, 2.24) is 25.1 Å². The molecule has 1 aliphatic heterocycles. The quantitative estimate of drug-likeness (QED) is 0.260. The number of aromatic nitrogens is 2. The Kier molecular flexibility index (Phi) is 12.2. The van der Waals surface area contributed by atoms with E-state index < -0.39 is 0 Å². The van der Waals surface area contributed by atoms with E-state index in [2.05, 4.69) is 68.2 Å². The highest BCUT2D eigenvalue weighted by atomic mass is 127. The third kappa shape index (κ3) is 8.26. The van der Waals surface area contributed by atoms with Gasteiger partial charge in [-0.15, -0.1) is 24.0 Å². The lowest BCUT2D eigenvalue weighted by atomic mass is 9.92. The van der Waals surface area contributed by atoms with Crippen molar-refractivity contribution in [3.8, 4) is 0 Å². The number of halogens is 1. The van der Waals surface area contributed by atoms with Crippen molar-refractivity contribution in [2.45, 2.75) is 52.7 Å². The minimum Gasteiger partial charge on any atom is -0.379 e. The number of hydrogen-bond donors (Lipinski definition) is 2. The van der Waals surface area contributed by atoms with Crippen LogP contribution in [0.25, 0.3) is 0 Å². The molecule has 1 aliphatic rings. The van der Waals surface area contributed by atoms with Gasteiger partial charge in [-0.1, -0.05) is 51.0 Å². The summed E-state index contributed by atoms with van der Waals surface area (Å²) in [5.41, 5.74) is 2.52. The van der Waals surface area contributed by atoms with Crippen molar-refractivity contribution in [3.63, 3.8) is 0 Å². The first kappa shape index (κ1) is 27.6. The molecule has 0 amide bonds. The van der Waals surface area contributed by atoms with E-state index in [0.717, 1.165) is 57.7 Å². The van der Waals surface area contributed by atoms with Crippen molar-refractivity contribution < 1.29 is 4.74 Å². The lowest BCUT2D eigenvalue weighted by molar-refractivity contribution is 0.00272. The molecule has 33 heavy (non-hydrogen) atoms. The highest BCUT2D eigenvalue weighted by Crippen LogP contribution is 2.19. The minimum absolute atomic E-state index is 0. The second kappa shape index (κ2) is 14.6. The van der Waals surface area contributed by atoms with Crippen LogP contribution in [0.3, 0.4) is 0 Å². The number of hydrogen-bond acceptors (Lipinski definition) is 4. The average Bonchev–Trinajstić information content (AvgIpc) is 3.23. The van der Waals surface area contributed by atoms with Crippen LogP contribution in [0, 0.1) is 12.8 Å². The van der Waals surface area contributed by atoms with Gasteiger partial charge in [0.15, 0.2) is 5.96 Å². The number of nitrogens with zero attached hydrogens (tertiary/aromatic N) is 4. The molecule has 3 rings (SSSR count). The summed E-state index contributed by atoms with van der Waals surface area (Å²) < 4.78 is 7.74. The molecule has 2 aromatic rings. The molecule has 7 nitrogen and oxygen atoms in total. The average molecular weight is 569 g/mol. The van der Waals surface area contributed by atoms with Gasteiger partial charge in [0, 0.05) is 58.2 Å². The number of morpholine rings is 1. The number of aryl methyl sites for hydroxylation is 1. The maximum atomic E-state index is 5.58. The maximum absolute atomic E-state index is 5.58. The van der Waals surface area contributed by atoms with E-state index in [9.17, 15) is 0 Å². The maximum Gasteiger partial charge on any atom is 0.191 e. The first-order chi connectivity index (χ1) is 15.6. The van der Waals surface area contributed by atoms with E-state index in [1.165, 1.54) is 24.0 Å². The van der Waals surface area contributed by atoms with Gasteiger partial charge in [-0.25, -0.2) is 4.98 Å². The predicted molar refractivity (Wildman–Crippen MR) is 146 cm³/mol. The summed E-state index contributed by atoms with van der Waals surface area (Å²) in [6.45, 7) is 12.8. The van der Waals surface area contributed by atoms with E-state index in [1.807, 2.05) is 26.4 Å². The third-order valence-corrected chi connectivity index (χ3v) is 6.54. The van der Waals surface area contributed by atoms with Crippen LogP contribution in [0.1, 0.15) is 43.6 Å². The zero-order valence-corrected chi connectivity index (χ0v) is 22.9. The largest absolute Gasteiger partial charge is 0.379 e. The Morgan fingerprint density at radius 2 is 1.88 bits per heavy atom. The van der Waals surface area contributed by atoms with E-state index in [0.29, 0.717) is 12.0 Å². The van der Waals surface area contributed by atoms with Gasteiger partial charge in [-0.05, 0) is 24.0 Å². The Balaban J connectivity index is 0.00000385. The molecule has 0 bridgehead atoms. The van der Waals surface area contributed by atoms with Crippen LogP contribution in [0.4, 0.5) is 0 Å². The first-order valence-electron chi connectivity index (χ1n) is 12.0. The number of benzene rings is 1. The van der Waals surface area contributed by atoms with Gasteiger partial charge in [0.1, 0.15) is 5.82 Å². The van der Waals surface area contributed by atoms with Crippen LogP contribution in [0.15, 0.2) is 41.7 Å². The molecule has 184 valence electrons. The summed E-state index contributed by atoms with van der Waals surface area (Å²) >= 11 is 0. The summed E-state index contributed by atoms with van der Waals surface area (Å²) in [6.07, 6.45) is 6.25. The molecule has 8 heteroatoms. The van der Waals surface area contributed by atoms with Crippen LogP contribution in [0.2, 0.25) is 0 Å². The van der Waals surface area contributed by atoms with Crippen molar-refractivity contribution >= 4 is 29.9 Å². The van der Waals surface area contributed by atoms with Gasteiger partial charge in [-0.3, -0.25) is 9.89 Å². The van der Waals surface area contributed by atoms with Crippen molar-refractivity contribution in [2.75, 3.05) is 39.9 Å². The van der Waals surface area contributed by atoms with E-state index in [4.69, 9.17) is 4.74 Å². The fourth-order valence-corrected chi connectivity index (χ4v) is 4.55. The molecule has 1 atom stereocenters. The summed E-state index contributed by atoms with van der Waals surface area (Å²) in [5, 5.41) is 7.08. The zero-order chi connectivity index (χ0) is 22.8. The van der Waals surface area contributed by atoms with Gasteiger partial charge in [0.25, 0.3) is 0 Å². The molecule has 2 N–H and O–H groups in total. The van der Waals surface area contributed by atoms with Crippen LogP contribution in [-0.2, 0) is 17.8 Å². The fraction of sp³-hybridized carbons (Fsp3) is 0.600. The van der Waals surface area contributed by atoms with Gasteiger partial charge in [0.05, 0.1) is 13.2 Å². The predicted octanol–water partition coefficient (Wildman–Crippen LogP) is 3.66. The Labute approximate surface area is 216 Å². The summed E-state index contributed by atoms with van der Waals surface area (Å²) in [4.78, 5) is 11.4. The molecular formula is C25H41IN6O. The van der Waals surface area contributed by atoms with Gasteiger partial charge < -0.3 is 19.9 Å². The lowest BCUT2D eigenvalue weighted by Gasteiger charge is -2.39. The van der Waals surface area contributed by atoms with Crippen molar-refractivity contribution in [2.24, 2.45) is 10.9 Å². The molecule has 1 fully saturated rings. The zero-order valence-electron chi connectivity index (χ0n) is 20.6. The van der Waals surface area contributed by atoms with E-state index >= 15 is 0 Å². The number of guanidine groups is 1. The lowest BCUT2D eigenvalue weighted by Crippen LogP contribution is -2.53. The van der Waals surface area contributed by atoms with E-state index in [1.54, 1.807) is 0 Å². The number of aliphatic imine (C=N–C) groups is 1. The highest BCUT2D eigenvalue weighted by Gasteiger charge is 2.27. The molecule has 0 saturated carbocycles. The van der Waals surface area contributed by atoms with Gasteiger partial charge >= 0.3 is 0 Å². The summed E-state index contributed by atoms with van der Waals surface area (Å²) in [5.74, 6) is 2.55. The topological polar surface area (TPSA) is 66.7 Å². The van der Waals surface area contributed by atoms with Gasteiger partial charge in [0.2, 0.25) is 0 Å². The van der Waals surface area contributed by atoms with Crippen LogP contribution in [-0.4, -0.2) is 66.3 Å². The number of nitrogens with one attached hydrogen (secondary N) is 2. The number of rotatable bonds is 10. The van der Waals surface area contributed by atoms with Crippen molar-refractivity contribution in [1.29, 1.82) is 0 Å². The summed E-state index contributed by atoms with van der Waals surface area (Å²) in [7, 11) is 1.84. The van der Waals surface area contributed by atoms with Crippen molar-refractivity contribution in [3.05, 3.63) is 53.6 Å². The first-order valence-corrected chi connectivity index (χ1v) is 12.0. The monoisotopic (exact) mass is 568 g/mol. The second-order valence-corrected chi connectivity index (χ2v) is 8.52. The molecule has 1 aromatic carbocycles. The standard InChI is InChI=1S/C25H40N6O.HI/c1-5-23(6-2)24(30-12-14-32-15-13-30)18-29-25(26-4)28-17-21-8-7-9-22(16-21)19-31-11-10-27-20(31)3;/h7-11,16,23-24H,5-6,12-15,17-19H2,1-4H3,(H2,26,28,29);1H. The van der Waals surface area contributed by atoms with Gasteiger partial charge in [-0.2, -0.15) is 0 Å². The Hall–Kier alpha value is -1.65. The SMILES string of the molecule is CCC(CC)C(CNC(=NC)NCc1cccc(Cn2ccnc2C)c1)N1CCOCC1.I. The Morgan fingerprint density at radius 3 is 2.52 bits per heavy atom. The van der Waals surface area contributed by atoms with Crippen LogP contribution in [0.5, 0.6) is 0 Å². The molecule has 1 aromatic heterocycles. The molecule has 0 aliphatic carbocycles. The van der Waals surface area contributed by atoms with Crippen LogP contribution >= 0.6 is 24.0 Å². The molecule has 1 saturated heterocycles. The Bertz CT molecular complexity index is 845. The number of ether oxygens (including phenoxy) is 1. The highest BCUT2D eigenvalue weighted by molar-refractivity contribution is 14.0. The molecule has 0 radical (unpaired) electrons. The van der Waals surface area contributed by atoms with E-state index in [-0.39, 0.29) is 24.0 Å². The smallest absolute Gasteiger partial charge is 0.191 e. The molecule has 0 spiro atoms. The molecule has 1 unspecified atom stereocenters.